The van der Waals surface area contributed by atoms with E-state index in [1.165, 1.54) is 0 Å². The Hall–Kier alpha value is -2.55. The molecule has 4 N–H and O–H groups in total. The van der Waals surface area contributed by atoms with Crippen LogP contribution in [0.15, 0.2) is 18.3 Å². The predicted octanol–water partition coefficient (Wildman–Crippen LogP) is 1.18. The minimum absolute atomic E-state index is 0.480. The standard InChI is InChI=1S/C11H12N6/c1-7-2-3-8(4-12)11(16-7)14-5-9-6-15-17-10(9)13/h2-3,6H,5H2,1H3,(H,14,16)(H3,13,15,17). The summed E-state index contributed by atoms with van der Waals surface area (Å²) in [6, 6.07) is 5.63. The van der Waals surface area contributed by atoms with Crippen LogP contribution in [0.5, 0.6) is 0 Å². The first kappa shape index (κ1) is 11.0. The summed E-state index contributed by atoms with van der Waals surface area (Å²) >= 11 is 0. The van der Waals surface area contributed by atoms with E-state index in [-0.39, 0.29) is 0 Å². The maximum Gasteiger partial charge on any atom is 0.144 e. The van der Waals surface area contributed by atoms with Crippen LogP contribution in [0, 0.1) is 18.3 Å². The second-order valence-corrected chi connectivity index (χ2v) is 3.62. The lowest BCUT2D eigenvalue weighted by Gasteiger charge is -2.07. The Labute approximate surface area is 98.5 Å². The monoisotopic (exact) mass is 228 g/mol. The van der Waals surface area contributed by atoms with E-state index >= 15 is 0 Å². The van der Waals surface area contributed by atoms with Gasteiger partial charge >= 0.3 is 0 Å². The van der Waals surface area contributed by atoms with Crippen LogP contribution in [0.1, 0.15) is 16.8 Å². The number of nitrogens with two attached hydrogens (primary N) is 1. The van der Waals surface area contributed by atoms with Gasteiger partial charge in [-0.15, -0.1) is 0 Å². The van der Waals surface area contributed by atoms with Crippen molar-refractivity contribution in [1.82, 2.24) is 15.2 Å². The molecule has 0 aliphatic heterocycles. The summed E-state index contributed by atoms with van der Waals surface area (Å²) in [4.78, 5) is 4.27. The Morgan fingerprint density at radius 1 is 1.53 bits per heavy atom. The summed E-state index contributed by atoms with van der Waals surface area (Å²) in [5.74, 6) is 1.08. The SMILES string of the molecule is Cc1ccc(C#N)c(NCc2cn[nH]c2N)n1. The molecule has 0 aliphatic rings. The lowest BCUT2D eigenvalue weighted by molar-refractivity contribution is 1.09. The van der Waals surface area contributed by atoms with E-state index in [1.54, 1.807) is 18.3 Å². The molecule has 2 rings (SSSR count). The summed E-state index contributed by atoms with van der Waals surface area (Å²) in [7, 11) is 0. The quantitative estimate of drug-likeness (QED) is 0.731. The average Bonchev–Trinajstić information content (AvgIpc) is 2.72. The van der Waals surface area contributed by atoms with Gasteiger partial charge < -0.3 is 11.1 Å². The van der Waals surface area contributed by atoms with Crippen molar-refractivity contribution < 1.29 is 0 Å². The van der Waals surface area contributed by atoms with Gasteiger partial charge in [-0.25, -0.2) is 4.98 Å². The van der Waals surface area contributed by atoms with E-state index < -0.39 is 0 Å². The molecular weight excluding hydrogens is 216 g/mol. The summed E-state index contributed by atoms with van der Waals surface area (Å²) in [5.41, 5.74) is 7.87. The van der Waals surface area contributed by atoms with Crippen LogP contribution in [0.4, 0.5) is 11.6 Å². The second-order valence-electron chi connectivity index (χ2n) is 3.62. The molecule has 2 aromatic heterocycles. The minimum Gasteiger partial charge on any atom is -0.384 e. The van der Waals surface area contributed by atoms with E-state index in [0.29, 0.717) is 23.7 Å². The lowest BCUT2D eigenvalue weighted by atomic mass is 10.2. The molecule has 0 amide bonds. The highest BCUT2D eigenvalue weighted by Crippen LogP contribution is 2.14. The van der Waals surface area contributed by atoms with Gasteiger partial charge in [-0.1, -0.05) is 0 Å². The van der Waals surface area contributed by atoms with Crippen molar-refractivity contribution in [3.63, 3.8) is 0 Å². The van der Waals surface area contributed by atoms with Crippen LogP contribution in [0.25, 0.3) is 0 Å². The normalized spacial score (nSPS) is 9.88. The molecule has 0 atom stereocenters. The minimum atomic E-state index is 0.480. The molecule has 2 aromatic rings. The zero-order chi connectivity index (χ0) is 12.3. The highest BCUT2D eigenvalue weighted by Gasteiger charge is 2.05. The average molecular weight is 228 g/mol. The van der Waals surface area contributed by atoms with E-state index in [1.807, 2.05) is 6.92 Å². The maximum absolute atomic E-state index is 8.95. The van der Waals surface area contributed by atoms with Crippen molar-refractivity contribution in [1.29, 1.82) is 5.26 Å². The number of hydrogen-bond donors (Lipinski definition) is 3. The molecule has 0 bridgehead atoms. The van der Waals surface area contributed by atoms with E-state index in [0.717, 1.165) is 11.3 Å². The van der Waals surface area contributed by atoms with Gasteiger partial charge in [0.25, 0.3) is 0 Å². The van der Waals surface area contributed by atoms with Gasteiger partial charge in [0.2, 0.25) is 0 Å². The molecule has 2 heterocycles. The molecular formula is C11H12N6. The zero-order valence-corrected chi connectivity index (χ0v) is 9.36. The summed E-state index contributed by atoms with van der Waals surface area (Å²) in [5, 5.41) is 18.5. The molecule has 0 saturated carbocycles. The smallest absolute Gasteiger partial charge is 0.144 e. The van der Waals surface area contributed by atoms with Gasteiger partial charge in [-0.2, -0.15) is 10.4 Å². The number of rotatable bonds is 3. The molecule has 86 valence electrons. The third kappa shape index (κ3) is 2.34. The lowest BCUT2D eigenvalue weighted by Crippen LogP contribution is -2.05. The Morgan fingerprint density at radius 2 is 2.35 bits per heavy atom. The van der Waals surface area contributed by atoms with Gasteiger partial charge in [-0.3, -0.25) is 5.10 Å². The number of H-pyrrole nitrogens is 1. The molecule has 0 aromatic carbocycles. The molecule has 0 fully saturated rings. The number of aryl methyl sites for hydroxylation is 1. The number of aromatic nitrogens is 3. The second kappa shape index (κ2) is 4.53. The van der Waals surface area contributed by atoms with Gasteiger partial charge in [0.1, 0.15) is 17.7 Å². The van der Waals surface area contributed by atoms with Crippen molar-refractivity contribution >= 4 is 11.6 Å². The van der Waals surface area contributed by atoms with E-state index in [9.17, 15) is 0 Å². The largest absolute Gasteiger partial charge is 0.384 e. The van der Waals surface area contributed by atoms with Crippen LogP contribution in [-0.4, -0.2) is 15.2 Å². The molecule has 0 spiro atoms. The number of nitrogens with zero attached hydrogens (tertiary/aromatic N) is 3. The van der Waals surface area contributed by atoms with Crippen molar-refractivity contribution in [3.05, 3.63) is 35.2 Å². The highest BCUT2D eigenvalue weighted by molar-refractivity contribution is 5.53. The number of hydrogen-bond acceptors (Lipinski definition) is 5. The van der Waals surface area contributed by atoms with Crippen molar-refractivity contribution in [2.45, 2.75) is 13.5 Å². The highest BCUT2D eigenvalue weighted by atomic mass is 15.1. The fraction of sp³-hybridized carbons (Fsp3) is 0.182. The van der Waals surface area contributed by atoms with Crippen LogP contribution in [0.3, 0.4) is 0 Å². The third-order valence-electron chi connectivity index (χ3n) is 2.35. The van der Waals surface area contributed by atoms with Crippen LogP contribution < -0.4 is 11.1 Å². The van der Waals surface area contributed by atoms with Crippen LogP contribution in [0.2, 0.25) is 0 Å². The van der Waals surface area contributed by atoms with E-state index in [4.69, 9.17) is 11.0 Å². The van der Waals surface area contributed by atoms with Crippen LogP contribution in [-0.2, 0) is 6.54 Å². The molecule has 0 aliphatic carbocycles. The summed E-state index contributed by atoms with van der Waals surface area (Å²) in [6.07, 6.45) is 1.64. The maximum atomic E-state index is 8.95. The molecule has 6 heteroatoms. The number of nitriles is 1. The van der Waals surface area contributed by atoms with E-state index in [2.05, 4.69) is 26.6 Å². The summed E-state index contributed by atoms with van der Waals surface area (Å²) in [6.45, 7) is 2.35. The molecule has 0 saturated heterocycles. The Morgan fingerprint density at radius 3 is 3.00 bits per heavy atom. The number of nitrogen functional groups attached to an aromatic ring is 1. The Balaban J connectivity index is 2.17. The van der Waals surface area contributed by atoms with Gasteiger partial charge in [-0.05, 0) is 19.1 Å². The Bertz CT molecular complexity index is 566. The van der Waals surface area contributed by atoms with Gasteiger partial charge in [0.15, 0.2) is 0 Å². The molecule has 0 unspecified atom stereocenters. The number of nitrogens with one attached hydrogen (secondary N) is 2. The van der Waals surface area contributed by atoms with Crippen molar-refractivity contribution in [3.8, 4) is 6.07 Å². The zero-order valence-electron chi connectivity index (χ0n) is 9.36. The number of pyridine rings is 1. The molecule has 17 heavy (non-hydrogen) atoms. The number of anilines is 2. The Kier molecular flexibility index (Phi) is 2.92. The van der Waals surface area contributed by atoms with Crippen LogP contribution >= 0.6 is 0 Å². The first-order chi connectivity index (χ1) is 8.20. The predicted molar refractivity (Wildman–Crippen MR) is 64.0 cm³/mol. The van der Waals surface area contributed by atoms with Gasteiger partial charge in [0.05, 0.1) is 11.8 Å². The van der Waals surface area contributed by atoms with Gasteiger partial charge in [0, 0.05) is 17.8 Å². The van der Waals surface area contributed by atoms with Crippen molar-refractivity contribution in [2.24, 2.45) is 0 Å². The molecule has 6 nitrogen and oxygen atoms in total. The fourth-order valence-electron chi connectivity index (χ4n) is 1.42. The third-order valence-corrected chi connectivity index (χ3v) is 2.35. The fourth-order valence-corrected chi connectivity index (χ4v) is 1.42. The number of aromatic amines is 1. The summed E-state index contributed by atoms with van der Waals surface area (Å²) < 4.78 is 0. The molecule has 0 radical (unpaired) electrons. The van der Waals surface area contributed by atoms with Crippen molar-refractivity contribution in [2.75, 3.05) is 11.1 Å². The first-order valence-corrected chi connectivity index (χ1v) is 5.10. The first-order valence-electron chi connectivity index (χ1n) is 5.10. The topological polar surface area (TPSA) is 103 Å².